The van der Waals surface area contributed by atoms with E-state index in [2.05, 4.69) is 20.1 Å². The highest BCUT2D eigenvalue weighted by Gasteiger charge is 2.39. The molecular weight excluding hydrogens is 266 g/mol. The van der Waals surface area contributed by atoms with Crippen LogP contribution in [0.1, 0.15) is 6.92 Å². The van der Waals surface area contributed by atoms with E-state index in [1.165, 1.54) is 16.7 Å². The van der Waals surface area contributed by atoms with Crippen LogP contribution in [0.25, 0.3) is 0 Å². The van der Waals surface area contributed by atoms with Crippen molar-refractivity contribution < 1.29 is 14.7 Å². The number of carboxylic acids is 1. The second-order valence-electron chi connectivity index (χ2n) is 3.29. The van der Waals surface area contributed by atoms with Crippen LogP contribution < -0.4 is 5.32 Å². The Morgan fingerprint density at radius 1 is 1.59 bits per heavy atom. The summed E-state index contributed by atoms with van der Waals surface area (Å²) in [6.45, 7) is 1.78. The second kappa shape index (κ2) is 4.84. The summed E-state index contributed by atoms with van der Waals surface area (Å²) in [5.41, 5.74) is 0. The van der Waals surface area contributed by atoms with Gasteiger partial charge in [0, 0.05) is 17.3 Å². The number of nitrogens with zero attached hydrogens (tertiary/aromatic N) is 4. The Balaban J connectivity index is 2.09. The van der Waals surface area contributed by atoms with Gasteiger partial charge in [0.15, 0.2) is 0 Å². The largest absolute Gasteiger partial charge is 0.480 e. The Bertz CT molecular complexity index is 425. The molecule has 1 aliphatic heterocycles. The smallest absolute Gasteiger partial charge is 0.327 e. The highest BCUT2D eigenvalue weighted by atomic mass is 32.2. The van der Waals surface area contributed by atoms with Crippen molar-refractivity contribution in [2.45, 2.75) is 18.3 Å². The van der Waals surface area contributed by atoms with Crippen LogP contribution in [-0.2, 0) is 4.79 Å². The number of nitrogens with one attached hydrogen (secondary N) is 1. The summed E-state index contributed by atoms with van der Waals surface area (Å²) in [6.07, 6.45) is 0. The Kier molecular flexibility index (Phi) is 3.43. The predicted octanol–water partition coefficient (Wildman–Crippen LogP) is 0.313. The maximum Gasteiger partial charge on any atom is 0.327 e. The summed E-state index contributed by atoms with van der Waals surface area (Å²) >= 11 is 2.35. The molecule has 2 rings (SSSR count). The van der Waals surface area contributed by atoms with Gasteiger partial charge in [-0.05, 0) is 12.1 Å². The van der Waals surface area contributed by atoms with E-state index in [1.54, 1.807) is 6.92 Å². The molecule has 2 heterocycles. The zero-order valence-corrected chi connectivity index (χ0v) is 10.4. The van der Waals surface area contributed by atoms with Crippen LogP contribution in [0.3, 0.4) is 0 Å². The van der Waals surface area contributed by atoms with Gasteiger partial charge in [0.25, 0.3) is 0 Å². The third-order valence-corrected chi connectivity index (χ3v) is 3.98. The van der Waals surface area contributed by atoms with Crippen molar-refractivity contribution in [3.63, 3.8) is 0 Å². The SMILES string of the molecule is CC1SCC(C(=O)O)N1C(=O)Nc1nnns1. The molecule has 1 aliphatic rings. The van der Waals surface area contributed by atoms with Crippen molar-refractivity contribution in [2.24, 2.45) is 0 Å². The molecule has 0 aliphatic carbocycles. The lowest BCUT2D eigenvalue weighted by molar-refractivity contribution is -0.141. The lowest BCUT2D eigenvalue weighted by atomic mass is 10.3. The monoisotopic (exact) mass is 275 g/mol. The van der Waals surface area contributed by atoms with E-state index >= 15 is 0 Å². The van der Waals surface area contributed by atoms with Crippen LogP contribution in [0.2, 0.25) is 0 Å². The number of carboxylic acid groups (broad SMARTS) is 1. The molecule has 10 heteroatoms. The topological polar surface area (TPSA) is 108 Å². The number of carbonyl (C=O) groups excluding carboxylic acids is 1. The summed E-state index contributed by atoms with van der Waals surface area (Å²) in [5.74, 6) is -0.620. The number of thioether (sulfide) groups is 1. The highest BCUT2D eigenvalue weighted by Crippen LogP contribution is 2.29. The van der Waals surface area contributed by atoms with Gasteiger partial charge in [-0.1, -0.05) is 9.59 Å². The standard InChI is InChI=1S/C7H9N5O3S2/c1-3-12(4(2-16-3)5(13)14)7(15)8-6-9-10-11-17-6/h3-4H,2H2,1H3,(H,13,14)(H,8,9,11,15). The molecule has 1 saturated heterocycles. The number of amides is 2. The lowest BCUT2D eigenvalue weighted by Crippen LogP contribution is -2.46. The molecule has 1 aromatic rings. The Morgan fingerprint density at radius 2 is 2.35 bits per heavy atom. The van der Waals surface area contributed by atoms with Crippen LogP contribution in [0.4, 0.5) is 9.93 Å². The van der Waals surface area contributed by atoms with E-state index in [1.807, 2.05) is 0 Å². The van der Waals surface area contributed by atoms with E-state index < -0.39 is 18.0 Å². The first-order chi connectivity index (χ1) is 8.09. The number of urea groups is 1. The fourth-order valence-corrected chi connectivity index (χ4v) is 3.00. The molecule has 2 unspecified atom stereocenters. The van der Waals surface area contributed by atoms with Crippen LogP contribution >= 0.6 is 23.3 Å². The van der Waals surface area contributed by atoms with Crippen LogP contribution in [0.15, 0.2) is 0 Å². The first kappa shape index (κ1) is 12.0. The van der Waals surface area contributed by atoms with Crippen LogP contribution in [0.5, 0.6) is 0 Å². The summed E-state index contributed by atoms with van der Waals surface area (Å²) < 4.78 is 3.50. The molecule has 1 aromatic heterocycles. The number of aliphatic carboxylic acids is 1. The summed E-state index contributed by atoms with van der Waals surface area (Å²) in [5, 5.41) is 18.5. The number of rotatable bonds is 2. The van der Waals surface area contributed by atoms with Gasteiger partial charge in [0.05, 0.1) is 5.37 Å². The molecule has 2 atom stereocenters. The molecule has 2 N–H and O–H groups in total. The molecule has 0 bridgehead atoms. The van der Waals surface area contributed by atoms with Crippen molar-refractivity contribution in [1.29, 1.82) is 0 Å². The maximum absolute atomic E-state index is 11.9. The minimum atomic E-state index is -1.01. The summed E-state index contributed by atoms with van der Waals surface area (Å²) in [4.78, 5) is 24.2. The van der Waals surface area contributed by atoms with Gasteiger partial charge < -0.3 is 5.11 Å². The number of aromatic nitrogens is 3. The van der Waals surface area contributed by atoms with E-state index in [0.717, 1.165) is 11.5 Å². The molecule has 1 fully saturated rings. The number of anilines is 1. The van der Waals surface area contributed by atoms with Gasteiger partial charge in [0.2, 0.25) is 5.13 Å². The third kappa shape index (κ3) is 2.47. The Morgan fingerprint density at radius 3 is 2.94 bits per heavy atom. The van der Waals surface area contributed by atoms with E-state index in [9.17, 15) is 9.59 Å². The van der Waals surface area contributed by atoms with Gasteiger partial charge in [-0.3, -0.25) is 10.2 Å². The van der Waals surface area contributed by atoms with E-state index in [-0.39, 0.29) is 10.5 Å². The average Bonchev–Trinajstić information content (AvgIpc) is 2.86. The molecular formula is C7H9N5O3S2. The quantitative estimate of drug-likeness (QED) is 0.799. The van der Waals surface area contributed by atoms with Gasteiger partial charge in [-0.25, -0.2) is 9.59 Å². The Hall–Kier alpha value is -1.42. The van der Waals surface area contributed by atoms with Gasteiger partial charge >= 0.3 is 12.0 Å². The molecule has 0 spiro atoms. The Labute approximate surface area is 105 Å². The first-order valence-corrected chi connectivity index (χ1v) is 6.50. The number of hydrogen-bond donors (Lipinski definition) is 2. The van der Waals surface area contributed by atoms with Crippen molar-refractivity contribution >= 4 is 40.4 Å². The van der Waals surface area contributed by atoms with Crippen LogP contribution in [0, 0.1) is 0 Å². The molecule has 2 amide bonds. The molecule has 8 nitrogen and oxygen atoms in total. The third-order valence-electron chi connectivity index (χ3n) is 2.26. The average molecular weight is 275 g/mol. The number of hydrogen-bond acceptors (Lipinski definition) is 7. The normalized spacial score (nSPS) is 23.7. The zero-order valence-electron chi connectivity index (χ0n) is 8.73. The summed E-state index contributed by atoms with van der Waals surface area (Å²) in [6, 6.07) is -1.30. The molecule has 0 aromatic carbocycles. The molecule has 0 saturated carbocycles. The van der Waals surface area contributed by atoms with Gasteiger partial charge in [-0.2, -0.15) is 0 Å². The minimum absolute atomic E-state index is 0.183. The zero-order chi connectivity index (χ0) is 12.4. The van der Waals surface area contributed by atoms with Crippen LogP contribution in [-0.4, -0.2) is 54.0 Å². The summed E-state index contributed by atoms with van der Waals surface area (Å²) in [7, 11) is 0. The predicted molar refractivity (Wildman–Crippen MR) is 61.9 cm³/mol. The molecule has 92 valence electrons. The van der Waals surface area contributed by atoms with Crippen molar-refractivity contribution in [3.8, 4) is 0 Å². The molecule has 17 heavy (non-hydrogen) atoms. The van der Waals surface area contributed by atoms with Crippen molar-refractivity contribution in [1.82, 2.24) is 19.7 Å². The van der Waals surface area contributed by atoms with Crippen molar-refractivity contribution in [3.05, 3.63) is 0 Å². The van der Waals surface area contributed by atoms with Gasteiger partial charge in [0.1, 0.15) is 6.04 Å². The fraction of sp³-hybridized carbons (Fsp3) is 0.571. The first-order valence-electron chi connectivity index (χ1n) is 4.68. The van der Waals surface area contributed by atoms with E-state index in [0.29, 0.717) is 5.75 Å². The van der Waals surface area contributed by atoms with Gasteiger partial charge in [-0.15, -0.1) is 11.8 Å². The maximum atomic E-state index is 11.9. The highest BCUT2D eigenvalue weighted by molar-refractivity contribution is 8.00. The lowest BCUT2D eigenvalue weighted by Gasteiger charge is -2.24. The fourth-order valence-electron chi connectivity index (χ4n) is 1.48. The minimum Gasteiger partial charge on any atom is -0.480 e. The van der Waals surface area contributed by atoms with Crippen molar-refractivity contribution in [2.75, 3.05) is 11.1 Å². The molecule has 0 radical (unpaired) electrons. The van der Waals surface area contributed by atoms with E-state index in [4.69, 9.17) is 5.11 Å². The number of carbonyl (C=O) groups is 2. The second-order valence-corrected chi connectivity index (χ2v) is 5.37.